The van der Waals surface area contributed by atoms with Gasteiger partial charge in [-0.2, -0.15) is 0 Å². The van der Waals surface area contributed by atoms with E-state index < -0.39 is 10.0 Å². The molecule has 0 saturated heterocycles. The zero-order valence-electron chi connectivity index (χ0n) is 15.6. The molecule has 0 spiro atoms. The van der Waals surface area contributed by atoms with Gasteiger partial charge in [0.15, 0.2) is 0 Å². The van der Waals surface area contributed by atoms with Crippen molar-refractivity contribution in [2.24, 2.45) is 0 Å². The molecule has 0 bridgehead atoms. The molecule has 3 aromatic rings. The van der Waals surface area contributed by atoms with Crippen LogP contribution in [-0.4, -0.2) is 37.7 Å². The van der Waals surface area contributed by atoms with Gasteiger partial charge in [0.25, 0.3) is 5.91 Å². The molecule has 1 heterocycles. The normalized spacial score (nSPS) is 11.7. The Morgan fingerprint density at radius 1 is 1.04 bits per heavy atom. The minimum Gasteiger partial charge on any atom is -0.322 e. The molecule has 7 heteroatoms. The summed E-state index contributed by atoms with van der Waals surface area (Å²) in [6.45, 7) is 3.76. The Bertz CT molecular complexity index is 1140. The van der Waals surface area contributed by atoms with Gasteiger partial charge in [0.05, 0.1) is 21.7 Å². The van der Waals surface area contributed by atoms with Crippen molar-refractivity contribution >= 4 is 32.5 Å². The van der Waals surface area contributed by atoms with Crippen LogP contribution in [0.15, 0.2) is 53.4 Å². The number of pyridine rings is 1. The highest BCUT2D eigenvalue weighted by atomic mass is 32.2. The topological polar surface area (TPSA) is 79.4 Å². The third kappa shape index (κ3) is 3.84. The van der Waals surface area contributed by atoms with Gasteiger partial charge in [-0.25, -0.2) is 12.7 Å². The second kappa shape index (κ2) is 7.09. The molecule has 1 N–H and O–H groups in total. The van der Waals surface area contributed by atoms with E-state index in [1.807, 2.05) is 25.1 Å². The summed E-state index contributed by atoms with van der Waals surface area (Å²) >= 11 is 0. The Hall–Kier alpha value is -2.77. The second-order valence-corrected chi connectivity index (χ2v) is 8.74. The first kappa shape index (κ1) is 19.0. The zero-order valence-corrected chi connectivity index (χ0v) is 16.5. The minimum absolute atomic E-state index is 0.120. The fraction of sp³-hybridized carbons (Fsp3) is 0.200. The van der Waals surface area contributed by atoms with E-state index in [0.29, 0.717) is 16.9 Å². The van der Waals surface area contributed by atoms with Crippen LogP contribution in [-0.2, 0) is 10.0 Å². The number of hydrogen-bond acceptors (Lipinski definition) is 4. The molecule has 3 rings (SSSR count). The first-order valence-corrected chi connectivity index (χ1v) is 9.84. The summed E-state index contributed by atoms with van der Waals surface area (Å²) in [5.41, 5.74) is 3.39. The molecule has 0 aliphatic carbocycles. The highest BCUT2D eigenvalue weighted by Gasteiger charge is 2.18. The quantitative estimate of drug-likeness (QED) is 0.749. The fourth-order valence-corrected chi connectivity index (χ4v) is 3.71. The molecule has 2 aromatic carbocycles. The maximum Gasteiger partial charge on any atom is 0.257 e. The molecule has 0 radical (unpaired) electrons. The summed E-state index contributed by atoms with van der Waals surface area (Å²) in [5, 5.41) is 3.65. The number of aryl methyl sites for hydroxylation is 2. The molecule has 0 aliphatic rings. The number of carbonyl (C=O) groups excluding carboxylic acids is 1. The average Bonchev–Trinajstić information content (AvgIpc) is 2.61. The summed E-state index contributed by atoms with van der Waals surface area (Å²) in [6, 6.07) is 13.9. The Morgan fingerprint density at radius 2 is 1.78 bits per heavy atom. The summed E-state index contributed by atoms with van der Waals surface area (Å²) in [5.74, 6) is -0.331. The number of sulfonamides is 1. The van der Waals surface area contributed by atoms with Gasteiger partial charge in [0.2, 0.25) is 10.0 Å². The number of rotatable bonds is 4. The van der Waals surface area contributed by atoms with Crippen LogP contribution < -0.4 is 5.32 Å². The largest absolute Gasteiger partial charge is 0.322 e. The number of nitrogens with zero attached hydrogens (tertiary/aromatic N) is 2. The maximum atomic E-state index is 12.7. The number of carbonyl (C=O) groups is 1. The van der Waals surface area contributed by atoms with Gasteiger partial charge in [0, 0.05) is 25.2 Å². The molecule has 0 unspecified atom stereocenters. The molecule has 0 atom stereocenters. The Kier molecular flexibility index (Phi) is 4.99. The summed E-state index contributed by atoms with van der Waals surface area (Å²) < 4.78 is 25.7. The van der Waals surface area contributed by atoms with Gasteiger partial charge in [-0.15, -0.1) is 0 Å². The van der Waals surface area contributed by atoms with E-state index in [9.17, 15) is 13.2 Å². The predicted octanol–water partition coefficient (Wildman–Crippen LogP) is 3.35. The van der Waals surface area contributed by atoms with Gasteiger partial charge in [-0.1, -0.05) is 17.7 Å². The first-order valence-electron chi connectivity index (χ1n) is 8.40. The Morgan fingerprint density at radius 3 is 2.48 bits per heavy atom. The standard InChI is InChI=1S/C20H21N3O3S/c1-13-8-9-19-15(10-13)11-18(14(2)21-19)20(24)22-16-6-5-7-17(12-16)27(25,26)23(3)4/h5-12H,1-4H3,(H,22,24). The zero-order chi connectivity index (χ0) is 19.8. The molecular formula is C20H21N3O3S. The van der Waals surface area contributed by atoms with Crippen LogP contribution in [0, 0.1) is 13.8 Å². The molecule has 0 fully saturated rings. The van der Waals surface area contributed by atoms with E-state index in [0.717, 1.165) is 20.8 Å². The van der Waals surface area contributed by atoms with Gasteiger partial charge < -0.3 is 5.32 Å². The first-order chi connectivity index (χ1) is 12.7. The van der Waals surface area contributed by atoms with Crippen molar-refractivity contribution in [1.29, 1.82) is 0 Å². The van der Waals surface area contributed by atoms with Crippen LogP contribution in [0.3, 0.4) is 0 Å². The summed E-state index contributed by atoms with van der Waals surface area (Å²) in [4.78, 5) is 17.4. The third-order valence-electron chi connectivity index (χ3n) is 4.28. The van der Waals surface area contributed by atoms with Gasteiger partial charge in [-0.3, -0.25) is 9.78 Å². The maximum absolute atomic E-state index is 12.7. The molecule has 6 nitrogen and oxygen atoms in total. The fourth-order valence-electron chi connectivity index (χ4n) is 2.77. The van der Waals surface area contributed by atoms with Crippen molar-refractivity contribution in [3.8, 4) is 0 Å². The SMILES string of the molecule is Cc1ccc2nc(C)c(C(=O)Nc3cccc(S(=O)(=O)N(C)C)c3)cc2c1. The van der Waals surface area contributed by atoms with Crippen molar-refractivity contribution in [3.63, 3.8) is 0 Å². The number of benzene rings is 2. The Labute approximate surface area is 158 Å². The molecule has 0 aliphatic heterocycles. The van der Waals surface area contributed by atoms with Crippen LogP contribution in [0.1, 0.15) is 21.6 Å². The molecular weight excluding hydrogens is 362 g/mol. The van der Waals surface area contributed by atoms with Crippen LogP contribution in [0.25, 0.3) is 10.9 Å². The lowest BCUT2D eigenvalue weighted by Gasteiger charge is -2.13. The number of fused-ring (bicyclic) bond motifs is 1. The van der Waals surface area contributed by atoms with Gasteiger partial charge >= 0.3 is 0 Å². The highest BCUT2D eigenvalue weighted by molar-refractivity contribution is 7.89. The minimum atomic E-state index is -3.57. The lowest BCUT2D eigenvalue weighted by molar-refractivity contribution is 0.102. The summed E-state index contributed by atoms with van der Waals surface area (Å²) in [6.07, 6.45) is 0. The number of amides is 1. The summed E-state index contributed by atoms with van der Waals surface area (Å²) in [7, 11) is -0.642. The Balaban J connectivity index is 1.94. The lowest BCUT2D eigenvalue weighted by Crippen LogP contribution is -2.22. The van der Waals surface area contributed by atoms with Crippen molar-refractivity contribution in [3.05, 3.63) is 65.4 Å². The smallest absolute Gasteiger partial charge is 0.257 e. The third-order valence-corrected chi connectivity index (χ3v) is 6.09. The van der Waals surface area contributed by atoms with Gasteiger partial charge in [0.1, 0.15) is 0 Å². The van der Waals surface area contributed by atoms with E-state index in [4.69, 9.17) is 0 Å². The van der Waals surface area contributed by atoms with Crippen LogP contribution >= 0.6 is 0 Å². The van der Waals surface area contributed by atoms with E-state index in [1.165, 1.54) is 26.2 Å². The molecule has 0 saturated carbocycles. The molecule has 27 heavy (non-hydrogen) atoms. The monoisotopic (exact) mass is 383 g/mol. The number of nitrogens with one attached hydrogen (secondary N) is 1. The molecule has 140 valence electrons. The average molecular weight is 383 g/mol. The molecule has 1 aromatic heterocycles. The lowest BCUT2D eigenvalue weighted by atomic mass is 10.1. The van der Waals surface area contributed by atoms with Crippen LogP contribution in [0.2, 0.25) is 0 Å². The van der Waals surface area contributed by atoms with E-state index in [2.05, 4.69) is 10.3 Å². The number of anilines is 1. The van der Waals surface area contributed by atoms with Crippen molar-refractivity contribution in [2.45, 2.75) is 18.7 Å². The van der Waals surface area contributed by atoms with E-state index in [-0.39, 0.29) is 10.8 Å². The second-order valence-electron chi connectivity index (χ2n) is 6.59. The van der Waals surface area contributed by atoms with E-state index in [1.54, 1.807) is 25.1 Å². The number of aromatic nitrogens is 1. The number of hydrogen-bond donors (Lipinski definition) is 1. The van der Waals surface area contributed by atoms with Gasteiger partial charge in [-0.05, 0) is 50.2 Å². The van der Waals surface area contributed by atoms with Crippen LogP contribution in [0.4, 0.5) is 5.69 Å². The van der Waals surface area contributed by atoms with Crippen molar-refractivity contribution < 1.29 is 13.2 Å². The van der Waals surface area contributed by atoms with Crippen LogP contribution in [0.5, 0.6) is 0 Å². The molecule has 1 amide bonds. The highest BCUT2D eigenvalue weighted by Crippen LogP contribution is 2.21. The van der Waals surface area contributed by atoms with E-state index >= 15 is 0 Å². The van der Waals surface area contributed by atoms with Crippen molar-refractivity contribution in [1.82, 2.24) is 9.29 Å². The van der Waals surface area contributed by atoms with Crippen molar-refractivity contribution in [2.75, 3.05) is 19.4 Å². The predicted molar refractivity (Wildman–Crippen MR) is 106 cm³/mol.